The quantitative estimate of drug-likeness (QED) is 0.797. The fraction of sp³-hybridized carbons (Fsp3) is 0.647. The summed E-state index contributed by atoms with van der Waals surface area (Å²) >= 11 is 0. The van der Waals surface area contributed by atoms with Crippen molar-refractivity contribution < 1.29 is 14.0 Å². The van der Waals surface area contributed by atoms with Crippen molar-refractivity contribution in [3.63, 3.8) is 0 Å². The first-order valence-corrected chi connectivity index (χ1v) is 7.97. The molecule has 4 heteroatoms. The van der Waals surface area contributed by atoms with Gasteiger partial charge in [-0.15, -0.1) is 0 Å². The molecule has 0 N–H and O–H groups in total. The predicted molar refractivity (Wildman–Crippen MR) is 85.2 cm³/mol. The molecule has 1 saturated heterocycles. The van der Waals surface area contributed by atoms with Gasteiger partial charge < -0.3 is 14.0 Å². The van der Waals surface area contributed by atoms with Gasteiger partial charge in [0.05, 0.1) is 17.3 Å². The molecule has 0 spiro atoms. The maximum atomic E-state index is 6.12. The molecule has 114 valence electrons. The van der Waals surface area contributed by atoms with Crippen molar-refractivity contribution in [1.29, 1.82) is 0 Å². The molecular formula is C17H25BO3. The van der Waals surface area contributed by atoms with Crippen LogP contribution in [0, 0.1) is 0 Å². The van der Waals surface area contributed by atoms with Gasteiger partial charge in [-0.3, -0.25) is 0 Å². The van der Waals surface area contributed by atoms with E-state index in [2.05, 4.69) is 52.8 Å². The van der Waals surface area contributed by atoms with Crippen molar-refractivity contribution in [1.82, 2.24) is 0 Å². The maximum absolute atomic E-state index is 6.12. The molecule has 2 aliphatic rings. The second kappa shape index (κ2) is 5.03. The molecule has 3 nitrogen and oxygen atoms in total. The molecule has 21 heavy (non-hydrogen) atoms. The van der Waals surface area contributed by atoms with Gasteiger partial charge in [0.15, 0.2) is 0 Å². The van der Waals surface area contributed by atoms with E-state index in [-0.39, 0.29) is 18.3 Å². The number of benzene rings is 1. The first kappa shape index (κ1) is 14.9. The van der Waals surface area contributed by atoms with E-state index in [1.165, 1.54) is 18.4 Å². The predicted octanol–water partition coefficient (Wildman–Crippen LogP) is 3.09. The molecule has 3 rings (SSSR count). The Bertz CT molecular complexity index is 519. The Labute approximate surface area is 128 Å². The van der Waals surface area contributed by atoms with Gasteiger partial charge in [0, 0.05) is 0 Å². The lowest BCUT2D eigenvalue weighted by atomic mass is 9.78. The van der Waals surface area contributed by atoms with Crippen LogP contribution >= 0.6 is 0 Å². The monoisotopic (exact) mass is 288 g/mol. The Morgan fingerprint density at radius 2 is 1.76 bits per heavy atom. The van der Waals surface area contributed by atoms with Crippen molar-refractivity contribution >= 4 is 12.6 Å². The van der Waals surface area contributed by atoms with Gasteiger partial charge in [-0.05, 0) is 64.1 Å². The van der Waals surface area contributed by atoms with Crippen molar-refractivity contribution in [3.05, 3.63) is 23.8 Å². The van der Waals surface area contributed by atoms with Crippen LogP contribution in [-0.2, 0) is 15.7 Å². The van der Waals surface area contributed by atoms with Crippen LogP contribution in [0.2, 0.25) is 0 Å². The van der Waals surface area contributed by atoms with Crippen LogP contribution in [0.3, 0.4) is 0 Å². The van der Waals surface area contributed by atoms with Gasteiger partial charge in [-0.2, -0.15) is 0 Å². The maximum Gasteiger partial charge on any atom is 0.494 e. The fourth-order valence-corrected chi connectivity index (χ4v) is 2.46. The number of rotatable bonds is 4. The Balaban J connectivity index is 1.86. The highest BCUT2D eigenvalue weighted by Crippen LogP contribution is 2.37. The molecule has 1 heterocycles. The van der Waals surface area contributed by atoms with Crippen LogP contribution < -0.4 is 10.2 Å². The summed E-state index contributed by atoms with van der Waals surface area (Å²) in [6.07, 6.45) is 3.73. The lowest BCUT2D eigenvalue weighted by Crippen LogP contribution is -2.41. The zero-order valence-corrected chi connectivity index (χ0v) is 13.7. The summed E-state index contributed by atoms with van der Waals surface area (Å²) in [5.41, 5.74) is 1.68. The Hall–Kier alpha value is -0.995. The van der Waals surface area contributed by atoms with E-state index in [0.29, 0.717) is 6.10 Å². The summed E-state index contributed by atoms with van der Waals surface area (Å²) < 4.78 is 18.3. The standard InChI is InChI=1S/C17H25BO3/c1-6-12-7-8-13(11-15(12)19-14-9-10-14)18-20-16(2,3)17(4,5)21-18/h7-8,11,14H,6,9-10H2,1-5H3. The lowest BCUT2D eigenvalue weighted by Gasteiger charge is -2.32. The summed E-state index contributed by atoms with van der Waals surface area (Å²) in [6.45, 7) is 10.5. The summed E-state index contributed by atoms with van der Waals surface area (Å²) in [6, 6.07) is 6.33. The first-order chi connectivity index (χ1) is 9.82. The van der Waals surface area contributed by atoms with Crippen LogP contribution in [-0.4, -0.2) is 24.4 Å². The third kappa shape index (κ3) is 2.84. The third-order valence-corrected chi connectivity index (χ3v) is 4.82. The first-order valence-electron chi connectivity index (χ1n) is 7.97. The van der Waals surface area contributed by atoms with Gasteiger partial charge in [-0.25, -0.2) is 0 Å². The third-order valence-electron chi connectivity index (χ3n) is 4.82. The molecule has 1 aliphatic carbocycles. The second-order valence-corrected chi connectivity index (χ2v) is 7.13. The van der Waals surface area contributed by atoms with Gasteiger partial charge in [0.2, 0.25) is 0 Å². The average Bonchev–Trinajstić information content (AvgIpc) is 3.17. The fourth-order valence-electron chi connectivity index (χ4n) is 2.46. The minimum atomic E-state index is -0.317. The van der Waals surface area contributed by atoms with Crippen LogP contribution in [0.15, 0.2) is 18.2 Å². The Morgan fingerprint density at radius 1 is 1.14 bits per heavy atom. The summed E-state index contributed by atoms with van der Waals surface area (Å²) in [5, 5.41) is 0. The largest absolute Gasteiger partial charge is 0.494 e. The molecule has 2 fully saturated rings. The number of hydrogen-bond donors (Lipinski definition) is 0. The number of aryl methyl sites for hydroxylation is 1. The molecule has 0 amide bonds. The number of hydrogen-bond acceptors (Lipinski definition) is 3. The highest BCUT2D eigenvalue weighted by Gasteiger charge is 2.51. The summed E-state index contributed by atoms with van der Waals surface area (Å²) in [5.74, 6) is 0.993. The molecule has 1 aliphatic heterocycles. The average molecular weight is 288 g/mol. The molecule has 1 saturated carbocycles. The van der Waals surface area contributed by atoms with Gasteiger partial charge in [0.1, 0.15) is 5.75 Å². The van der Waals surface area contributed by atoms with Crippen LogP contribution in [0.25, 0.3) is 0 Å². The van der Waals surface area contributed by atoms with Crippen molar-refractivity contribution in [2.75, 3.05) is 0 Å². The van der Waals surface area contributed by atoms with Crippen molar-refractivity contribution in [2.45, 2.75) is 71.2 Å². The minimum Gasteiger partial charge on any atom is -0.490 e. The zero-order chi connectivity index (χ0) is 15.3. The zero-order valence-electron chi connectivity index (χ0n) is 13.7. The molecule has 0 bridgehead atoms. The Kier molecular flexibility index (Phi) is 3.57. The molecule has 1 aromatic rings. The molecule has 0 unspecified atom stereocenters. The van der Waals surface area contributed by atoms with Crippen LogP contribution in [0.4, 0.5) is 0 Å². The van der Waals surface area contributed by atoms with Crippen LogP contribution in [0.1, 0.15) is 53.0 Å². The van der Waals surface area contributed by atoms with Gasteiger partial charge >= 0.3 is 7.12 Å². The van der Waals surface area contributed by atoms with Gasteiger partial charge in [0.25, 0.3) is 0 Å². The molecule has 1 aromatic carbocycles. The molecule has 0 aromatic heterocycles. The second-order valence-electron chi connectivity index (χ2n) is 7.13. The van der Waals surface area contributed by atoms with Crippen LogP contribution in [0.5, 0.6) is 5.75 Å². The molecule has 0 atom stereocenters. The van der Waals surface area contributed by atoms with Gasteiger partial charge in [-0.1, -0.05) is 19.1 Å². The normalized spacial score (nSPS) is 23.4. The highest BCUT2D eigenvalue weighted by molar-refractivity contribution is 6.62. The van der Waals surface area contributed by atoms with E-state index < -0.39 is 0 Å². The van der Waals surface area contributed by atoms with E-state index in [1.54, 1.807) is 0 Å². The lowest BCUT2D eigenvalue weighted by molar-refractivity contribution is 0.00578. The van der Waals surface area contributed by atoms with Crippen molar-refractivity contribution in [3.8, 4) is 5.75 Å². The summed E-state index contributed by atoms with van der Waals surface area (Å²) in [7, 11) is -0.317. The van der Waals surface area contributed by atoms with E-state index in [1.807, 2.05) is 0 Å². The SMILES string of the molecule is CCc1ccc(B2OC(C)(C)C(C)(C)O2)cc1OC1CC1. The van der Waals surface area contributed by atoms with E-state index in [0.717, 1.165) is 17.6 Å². The number of ether oxygens (including phenoxy) is 1. The van der Waals surface area contributed by atoms with E-state index >= 15 is 0 Å². The topological polar surface area (TPSA) is 27.7 Å². The molecule has 0 radical (unpaired) electrons. The van der Waals surface area contributed by atoms with E-state index in [4.69, 9.17) is 14.0 Å². The van der Waals surface area contributed by atoms with Crippen molar-refractivity contribution in [2.24, 2.45) is 0 Å². The smallest absolute Gasteiger partial charge is 0.490 e. The Morgan fingerprint density at radius 3 is 2.29 bits per heavy atom. The van der Waals surface area contributed by atoms with E-state index in [9.17, 15) is 0 Å². The molecular weight excluding hydrogens is 263 g/mol. The minimum absolute atomic E-state index is 0.307. The summed E-state index contributed by atoms with van der Waals surface area (Å²) in [4.78, 5) is 0. The highest BCUT2D eigenvalue weighted by atomic mass is 16.7.